The van der Waals surface area contributed by atoms with E-state index in [-0.39, 0.29) is 18.0 Å². The predicted octanol–water partition coefficient (Wildman–Crippen LogP) is 0.892. The number of sulfonamides is 1. The lowest BCUT2D eigenvalue weighted by Crippen LogP contribution is -2.32. The molecule has 0 aliphatic carbocycles. The summed E-state index contributed by atoms with van der Waals surface area (Å²) >= 11 is 0. The molecule has 0 saturated heterocycles. The Hall–Kier alpha value is -1.38. The third-order valence-corrected chi connectivity index (χ3v) is 4.15. The summed E-state index contributed by atoms with van der Waals surface area (Å²) in [5, 5.41) is 9.36. The average molecular weight is 307 g/mol. The van der Waals surface area contributed by atoms with Crippen molar-refractivity contribution in [2.75, 3.05) is 20.8 Å². The predicted molar refractivity (Wildman–Crippen MR) is 71.0 cm³/mol. The highest BCUT2D eigenvalue weighted by atomic mass is 32.2. The first-order chi connectivity index (χ1) is 9.35. The highest BCUT2D eigenvalue weighted by Gasteiger charge is 2.23. The molecule has 8 heteroatoms. The second kappa shape index (κ2) is 6.87. The van der Waals surface area contributed by atoms with Crippen molar-refractivity contribution in [2.24, 2.45) is 0 Å². The van der Waals surface area contributed by atoms with Crippen molar-refractivity contribution in [3.63, 3.8) is 0 Å². The fourth-order valence-corrected chi connectivity index (χ4v) is 2.61. The summed E-state index contributed by atoms with van der Waals surface area (Å²) in [6.07, 6.45) is -0.440. The van der Waals surface area contributed by atoms with Crippen molar-refractivity contribution in [1.82, 2.24) is 4.72 Å². The summed E-state index contributed by atoms with van der Waals surface area (Å²) in [5.41, 5.74) is 0. The van der Waals surface area contributed by atoms with Gasteiger partial charge >= 0.3 is 0 Å². The number of hydrogen-bond acceptors (Lipinski definition) is 5. The first-order valence-electron chi connectivity index (χ1n) is 5.95. The van der Waals surface area contributed by atoms with Gasteiger partial charge in [-0.3, -0.25) is 0 Å². The van der Waals surface area contributed by atoms with Gasteiger partial charge in [0.25, 0.3) is 0 Å². The maximum atomic E-state index is 13.8. The molecule has 0 aliphatic rings. The van der Waals surface area contributed by atoms with Gasteiger partial charge in [0, 0.05) is 18.7 Å². The number of aliphatic hydroxyl groups is 1. The molecule has 20 heavy (non-hydrogen) atoms. The van der Waals surface area contributed by atoms with E-state index in [1.165, 1.54) is 14.2 Å². The normalized spacial score (nSPS) is 13.1. The molecule has 0 amide bonds. The summed E-state index contributed by atoms with van der Waals surface area (Å²) in [5.74, 6) is -0.760. The van der Waals surface area contributed by atoms with Crippen LogP contribution in [0.15, 0.2) is 17.0 Å². The highest BCUT2D eigenvalue weighted by Crippen LogP contribution is 2.31. The SMILES string of the molecule is CCC(O)CNS(=O)(=O)c1cc(OC)c(OC)cc1F. The second-order valence-electron chi connectivity index (χ2n) is 4.05. The molecule has 1 atom stereocenters. The van der Waals surface area contributed by atoms with Gasteiger partial charge in [-0.15, -0.1) is 0 Å². The molecule has 0 heterocycles. The highest BCUT2D eigenvalue weighted by molar-refractivity contribution is 7.89. The molecule has 0 fully saturated rings. The standard InChI is InChI=1S/C12H18FNO5S/c1-4-8(15)7-14-20(16,17)12-6-11(19-3)10(18-2)5-9(12)13/h5-6,8,14-15H,4,7H2,1-3H3. The number of rotatable bonds is 7. The number of hydrogen-bond donors (Lipinski definition) is 2. The number of aliphatic hydroxyl groups excluding tert-OH is 1. The van der Waals surface area contributed by atoms with Gasteiger partial charge in [-0.25, -0.2) is 17.5 Å². The molecule has 1 unspecified atom stereocenters. The van der Waals surface area contributed by atoms with Crippen LogP contribution in [0.1, 0.15) is 13.3 Å². The van der Waals surface area contributed by atoms with Gasteiger partial charge in [0.15, 0.2) is 11.5 Å². The Morgan fingerprint density at radius 1 is 1.30 bits per heavy atom. The molecule has 1 aromatic carbocycles. The van der Waals surface area contributed by atoms with Gasteiger partial charge in [0.1, 0.15) is 10.7 Å². The van der Waals surface area contributed by atoms with Crippen LogP contribution in [0.5, 0.6) is 11.5 Å². The Labute approximate surface area is 117 Å². The Bertz CT molecular complexity index is 561. The van der Waals surface area contributed by atoms with Crippen molar-refractivity contribution in [3.05, 3.63) is 17.9 Å². The molecule has 114 valence electrons. The molecule has 2 N–H and O–H groups in total. The maximum Gasteiger partial charge on any atom is 0.243 e. The number of ether oxygens (including phenoxy) is 2. The van der Waals surface area contributed by atoms with Gasteiger partial charge < -0.3 is 14.6 Å². The van der Waals surface area contributed by atoms with E-state index in [4.69, 9.17) is 9.47 Å². The lowest BCUT2D eigenvalue weighted by Gasteiger charge is -2.13. The van der Waals surface area contributed by atoms with E-state index in [2.05, 4.69) is 4.72 Å². The van der Waals surface area contributed by atoms with E-state index in [9.17, 15) is 17.9 Å². The van der Waals surface area contributed by atoms with Crippen LogP contribution in [-0.2, 0) is 10.0 Å². The van der Waals surface area contributed by atoms with Gasteiger partial charge in [-0.2, -0.15) is 0 Å². The molecule has 6 nitrogen and oxygen atoms in total. The zero-order valence-electron chi connectivity index (χ0n) is 11.5. The summed E-state index contributed by atoms with van der Waals surface area (Å²) in [6.45, 7) is 1.52. The van der Waals surface area contributed by atoms with E-state index < -0.39 is 26.8 Å². The smallest absolute Gasteiger partial charge is 0.243 e. The van der Waals surface area contributed by atoms with Crippen LogP contribution in [0.3, 0.4) is 0 Å². The molecule has 0 aromatic heterocycles. The fourth-order valence-electron chi connectivity index (χ4n) is 1.47. The van der Waals surface area contributed by atoms with Gasteiger partial charge in [-0.05, 0) is 6.42 Å². The van der Waals surface area contributed by atoms with E-state index >= 15 is 0 Å². The Balaban J connectivity index is 3.12. The van der Waals surface area contributed by atoms with Crippen molar-refractivity contribution in [2.45, 2.75) is 24.3 Å². The molecule has 0 spiro atoms. The average Bonchev–Trinajstić information content (AvgIpc) is 2.44. The van der Waals surface area contributed by atoms with Crippen molar-refractivity contribution < 1.29 is 27.4 Å². The molecular weight excluding hydrogens is 289 g/mol. The van der Waals surface area contributed by atoms with E-state index in [1.807, 2.05) is 0 Å². The number of methoxy groups -OCH3 is 2. The maximum absolute atomic E-state index is 13.8. The molecular formula is C12H18FNO5S. The fraction of sp³-hybridized carbons (Fsp3) is 0.500. The van der Waals surface area contributed by atoms with Crippen molar-refractivity contribution in [3.8, 4) is 11.5 Å². The lowest BCUT2D eigenvalue weighted by atomic mass is 10.3. The first-order valence-corrected chi connectivity index (χ1v) is 7.43. The van der Waals surface area contributed by atoms with Crippen LogP contribution >= 0.6 is 0 Å². The van der Waals surface area contributed by atoms with Crippen LogP contribution in [0, 0.1) is 5.82 Å². The third kappa shape index (κ3) is 3.81. The monoisotopic (exact) mass is 307 g/mol. The Morgan fingerprint density at radius 2 is 1.85 bits per heavy atom. The molecule has 1 rings (SSSR count). The van der Waals surface area contributed by atoms with Crippen LogP contribution < -0.4 is 14.2 Å². The van der Waals surface area contributed by atoms with E-state index in [1.54, 1.807) is 6.92 Å². The summed E-state index contributed by atoms with van der Waals surface area (Å²) < 4.78 is 49.8. The molecule has 0 aliphatic heterocycles. The number of halogens is 1. The quantitative estimate of drug-likeness (QED) is 0.781. The third-order valence-electron chi connectivity index (χ3n) is 2.71. The zero-order valence-corrected chi connectivity index (χ0v) is 12.3. The zero-order chi connectivity index (χ0) is 15.3. The van der Waals surface area contributed by atoms with Crippen molar-refractivity contribution >= 4 is 10.0 Å². The second-order valence-corrected chi connectivity index (χ2v) is 5.79. The minimum Gasteiger partial charge on any atom is -0.493 e. The Morgan fingerprint density at radius 3 is 2.35 bits per heavy atom. The van der Waals surface area contributed by atoms with E-state index in [0.29, 0.717) is 6.42 Å². The topological polar surface area (TPSA) is 84.9 Å². The number of nitrogens with one attached hydrogen (secondary N) is 1. The summed E-state index contributed by atoms with van der Waals surface area (Å²) in [6, 6.07) is 1.97. The minimum absolute atomic E-state index is 0.0949. The van der Waals surface area contributed by atoms with Crippen LogP contribution in [0.25, 0.3) is 0 Å². The van der Waals surface area contributed by atoms with Crippen LogP contribution in [0.4, 0.5) is 4.39 Å². The minimum atomic E-state index is -4.07. The molecule has 0 bridgehead atoms. The van der Waals surface area contributed by atoms with Crippen molar-refractivity contribution in [1.29, 1.82) is 0 Å². The molecule has 0 radical (unpaired) electrons. The first kappa shape index (κ1) is 16.7. The number of benzene rings is 1. The molecule has 0 saturated carbocycles. The Kier molecular flexibility index (Phi) is 5.73. The molecule has 1 aromatic rings. The largest absolute Gasteiger partial charge is 0.493 e. The lowest BCUT2D eigenvalue weighted by molar-refractivity contribution is 0.174. The van der Waals surface area contributed by atoms with Gasteiger partial charge in [0.2, 0.25) is 10.0 Å². The van der Waals surface area contributed by atoms with Crippen LogP contribution in [0.2, 0.25) is 0 Å². The van der Waals surface area contributed by atoms with Gasteiger partial charge in [0.05, 0.1) is 20.3 Å². The summed E-state index contributed by atoms with van der Waals surface area (Å²) in [7, 11) is -1.43. The summed E-state index contributed by atoms with van der Waals surface area (Å²) in [4.78, 5) is -0.557. The van der Waals surface area contributed by atoms with Gasteiger partial charge in [-0.1, -0.05) is 6.92 Å². The van der Waals surface area contributed by atoms with Crippen LogP contribution in [-0.4, -0.2) is 40.4 Å². The van der Waals surface area contributed by atoms with E-state index in [0.717, 1.165) is 12.1 Å².